The molecule has 2 heterocycles. The number of para-hydroxylation sites is 1. The Hall–Kier alpha value is -7.82. The van der Waals surface area contributed by atoms with Crippen LogP contribution in [0.5, 0.6) is 0 Å². The van der Waals surface area contributed by atoms with Crippen LogP contribution in [0.3, 0.4) is 0 Å². The molecule has 0 N–H and O–H groups in total. The van der Waals surface area contributed by atoms with Crippen LogP contribution in [0.1, 0.15) is 0 Å². The number of rotatable bonds is 8. The van der Waals surface area contributed by atoms with Crippen molar-refractivity contribution in [3.8, 4) is 89.9 Å². The van der Waals surface area contributed by atoms with E-state index >= 15 is 0 Å². The van der Waals surface area contributed by atoms with Gasteiger partial charge in [-0.05, 0) is 51.6 Å². The largest absolute Gasteiger partial charge is 0.228 e. The summed E-state index contributed by atoms with van der Waals surface area (Å²) < 4.78 is 0. The number of hydrogen-bond acceptors (Lipinski definition) is 4. The third-order valence-corrected chi connectivity index (χ3v) is 10.5. The van der Waals surface area contributed by atoms with Crippen molar-refractivity contribution in [2.45, 2.75) is 0 Å². The highest BCUT2D eigenvalue weighted by atomic mass is 14.9. The van der Waals surface area contributed by atoms with Gasteiger partial charge in [0.25, 0.3) is 0 Å². The fourth-order valence-corrected chi connectivity index (χ4v) is 7.47. The average Bonchev–Trinajstić information content (AvgIpc) is 3.32. The summed E-state index contributed by atoms with van der Waals surface area (Å²) >= 11 is 0. The highest BCUT2D eigenvalue weighted by Gasteiger charge is 2.15. The van der Waals surface area contributed by atoms with Gasteiger partial charge in [-0.2, -0.15) is 0 Å². The van der Waals surface area contributed by atoms with Crippen molar-refractivity contribution in [1.29, 1.82) is 0 Å². The van der Waals surface area contributed by atoms with E-state index in [2.05, 4.69) is 188 Å². The van der Waals surface area contributed by atoms with E-state index in [4.69, 9.17) is 19.9 Å². The SMILES string of the molecule is c1ccc(-c2ccc(-c3cc(-c4cccc(-c5nc(-c6ccc(-c7ccccc7)cc6)c6ccccc6n5)c4)nc(-c4ccc(-c5ccccc5)cc4)n3)cc2)cc1. The molecule has 4 nitrogen and oxygen atoms in total. The van der Waals surface area contributed by atoms with E-state index in [9.17, 15) is 0 Å². The number of hydrogen-bond donors (Lipinski definition) is 0. The molecule has 0 saturated carbocycles. The van der Waals surface area contributed by atoms with Crippen molar-refractivity contribution in [1.82, 2.24) is 19.9 Å². The molecule has 0 bridgehead atoms. The lowest BCUT2D eigenvalue weighted by Crippen LogP contribution is -1.97. The van der Waals surface area contributed by atoms with Crippen LogP contribution < -0.4 is 0 Å². The third kappa shape index (κ3) is 7.07. The Labute approximate surface area is 337 Å². The average molecular weight is 741 g/mol. The molecule has 0 fully saturated rings. The van der Waals surface area contributed by atoms with Gasteiger partial charge >= 0.3 is 0 Å². The minimum absolute atomic E-state index is 0.658. The van der Waals surface area contributed by atoms with Crippen LogP contribution in [0.15, 0.2) is 218 Å². The molecule has 4 heteroatoms. The maximum absolute atomic E-state index is 5.23. The zero-order valence-corrected chi connectivity index (χ0v) is 31.6. The van der Waals surface area contributed by atoms with Gasteiger partial charge in [-0.15, -0.1) is 0 Å². The van der Waals surface area contributed by atoms with E-state index in [1.54, 1.807) is 0 Å². The molecule has 2 aromatic heterocycles. The van der Waals surface area contributed by atoms with Gasteiger partial charge in [0.2, 0.25) is 0 Å². The van der Waals surface area contributed by atoms with Crippen LogP contribution in [0.25, 0.3) is 101 Å². The Morgan fingerprint density at radius 2 is 0.621 bits per heavy atom. The lowest BCUT2D eigenvalue weighted by Gasteiger charge is -2.12. The zero-order valence-electron chi connectivity index (χ0n) is 31.6. The molecule has 58 heavy (non-hydrogen) atoms. The molecule has 10 rings (SSSR count). The first kappa shape index (κ1) is 34.7. The quantitative estimate of drug-likeness (QED) is 0.156. The predicted octanol–water partition coefficient (Wildman–Crippen LogP) is 13.8. The Morgan fingerprint density at radius 3 is 1.19 bits per heavy atom. The van der Waals surface area contributed by atoms with Crippen molar-refractivity contribution in [2.75, 3.05) is 0 Å². The van der Waals surface area contributed by atoms with Gasteiger partial charge in [-0.1, -0.05) is 200 Å². The first-order chi connectivity index (χ1) is 28.7. The standard InChI is InChI=1S/C54H36N4/c1-4-13-37(14-5-1)40-23-29-43(30-24-40)50-36-51(57-53(56-50)45-33-27-42(28-34-45)39-17-8-3-9-18-39)46-19-12-20-47(35-46)54-55-49-22-11-10-21-48(49)52(58-54)44-31-25-41(26-32-44)38-15-6-2-7-16-38/h1-36H. The molecule has 8 aromatic carbocycles. The molecule has 0 spiro atoms. The van der Waals surface area contributed by atoms with Crippen molar-refractivity contribution >= 4 is 10.9 Å². The van der Waals surface area contributed by atoms with E-state index in [1.807, 2.05) is 30.3 Å². The third-order valence-electron chi connectivity index (χ3n) is 10.5. The Kier molecular flexibility index (Phi) is 9.18. The van der Waals surface area contributed by atoms with Gasteiger partial charge in [0, 0.05) is 33.2 Å². The number of benzene rings is 8. The number of nitrogens with zero attached hydrogens (tertiary/aromatic N) is 4. The molecule has 0 aliphatic carbocycles. The van der Waals surface area contributed by atoms with Crippen molar-refractivity contribution in [2.24, 2.45) is 0 Å². The first-order valence-corrected chi connectivity index (χ1v) is 19.5. The summed E-state index contributed by atoms with van der Waals surface area (Å²) in [5.41, 5.74) is 15.3. The van der Waals surface area contributed by atoms with Gasteiger partial charge in [0.1, 0.15) is 0 Å². The van der Waals surface area contributed by atoms with Crippen LogP contribution >= 0.6 is 0 Å². The second-order valence-corrected chi connectivity index (χ2v) is 14.3. The molecule has 0 unspecified atom stereocenters. The molecular weight excluding hydrogens is 705 g/mol. The van der Waals surface area contributed by atoms with Crippen LogP contribution in [-0.4, -0.2) is 19.9 Å². The van der Waals surface area contributed by atoms with Gasteiger partial charge in [-0.3, -0.25) is 0 Å². The molecule has 10 aromatic rings. The van der Waals surface area contributed by atoms with Gasteiger partial charge in [-0.25, -0.2) is 19.9 Å². The summed E-state index contributed by atoms with van der Waals surface area (Å²) in [7, 11) is 0. The Bertz CT molecular complexity index is 2900. The summed E-state index contributed by atoms with van der Waals surface area (Å²) in [4.78, 5) is 20.7. The smallest absolute Gasteiger partial charge is 0.160 e. The minimum atomic E-state index is 0.658. The van der Waals surface area contributed by atoms with Crippen LogP contribution in [0.4, 0.5) is 0 Å². The Morgan fingerprint density at radius 1 is 0.224 bits per heavy atom. The molecule has 0 saturated heterocycles. The second kappa shape index (κ2) is 15.4. The highest BCUT2D eigenvalue weighted by molar-refractivity contribution is 5.94. The second-order valence-electron chi connectivity index (χ2n) is 14.3. The van der Waals surface area contributed by atoms with E-state index in [0.717, 1.165) is 66.9 Å². The minimum Gasteiger partial charge on any atom is -0.228 e. The fourth-order valence-electron chi connectivity index (χ4n) is 7.47. The van der Waals surface area contributed by atoms with Crippen LogP contribution in [0, 0.1) is 0 Å². The number of fused-ring (bicyclic) bond motifs is 1. The molecular formula is C54H36N4. The maximum atomic E-state index is 5.23. The van der Waals surface area contributed by atoms with Crippen molar-refractivity contribution < 1.29 is 0 Å². The van der Waals surface area contributed by atoms with Gasteiger partial charge < -0.3 is 0 Å². The molecule has 272 valence electrons. The van der Waals surface area contributed by atoms with Crippen LogP contribution in [-0.2, 0) is 0 Å². The normalized spacial score (nSPS) is 11.1. The van der Waals surface area contributed by atoms with E-state index in [1.165, 1.54) is 22.3 Å². The molecule has 0 aliphatic heterocycles. The lowest BCUT2D eigenvalue weighted by atomic mass is 10.00. The topological polar surface area (TPSA) is 51.6 Å². The van der Waals surface area contributed by atoms with Crippen molar-refractivity contribution in [3.63, 3.8) is 0 Å². The monoisotopic (exact) mass is 740 g/mol. The summed E-state index contributed by atoms with van der Waals surface area (Å²) in [6, 6.07) is 75.7. The summed E-state index contributed by atoms with van der Waals surface area (Å²) in [6.07, 6.45) is 0. The fraction of sp³-hybridized carbons (Fsp3) is 0. The zero-order chi connectivity index (χ0) is 38.7. The highest BCUT2D eigenvalue weighted by Crippen LogP contribution is 2.34. The molecule has 0 atom stereocenters. The van der Waals surface area contributed by atoms with Gasteiger partial charge in [0.15, 0.2) is 11.6 Å². The summed E-state index contributed by atoms with van der Waals surface area (Å²) in [6.45, 7) is 0. The van der Waals surface area contributed by atoms with E-state index in [0.29, 0.717) is 11.6 Å². The van der Waals surface area contributed by atoms with E-state index < -0.39 is 0 Å². The maximum Gasteiger partial charge on any atom is 0.160 e. The summed E-state index contributed by atoms with van der Waals surface area (Å²) in [5.74, 6) is 1.32. The van der Waals surface area contributed by atoms with E-state index in [-0.39, 0.29) is 0 Å². The van der Waals surface area contributed by atoms with Crippen LogP contribution in [0.2, 0.25) is 0 Å². The van der Waals surface area contributed by atoms with Crippen molar-refractivity contribution in [3.05, 3.63) is 218 Å². The lowest BCUT2D eigenvalue weighted by molar-refractivity contribution is 1.18. The molecule has 0 amide bonds. The Balaban J connectivity index is 1.06. The molecule has 0 aliphatic rings. The summed E-state index contributed by atoms with van der Waals surface area (Å²) in [5, 5.41) is 1.01. The molecule has 0 radical (unpaired) electrons. The first-order valence-electron chi connectivity index (χ1n) is 19.5. The van der Waals surface area contributed by atoms with Gasteiger partial charge in [0.05, 0.1) is 22.6 Å². The predicted molar refractivity (Wildman–Crippen MR) is 239 cm³/mol. The number of aromatic nitrogens is 4.